The highest BCUT2D eigenvalue weighted by Crippen LogP contribution is 2.56. The van der Waals surface area contributed by atoms with Crippen molar-refractivity contribution in [1.82, 2.24) is 0 Å². The van der Waals surface area contributed by atoms with Crippen LogP contribution in [-0.2, 0) is 12.0 Å². The summed E-state index contributed by atoms with van der Waals surface area (Å²) in [6, 6.07) is 8.56. The van der Waals surface area contributed by atoms with Crippen LogP contribution in [0.4, 0.5) is 0 Å². The molecule has 26 heavy (non-hydrogen) atoms. The zero-order valence-corrected chi connectivity index (χ0v) is 15.1. The molecule has 2 aliphatic rings. The number of fused-ring (bicyclic) bond motifs is 5. The van der Waals surface area contributed by atoms with Crippen LogP contribution in [0, 0.1) is 0 Å². The van der Waals surface area contributed by atoms with Gasteiger partial charge in [0.25, 0.3) is 0 Å². The number of aromatic hydroxyl groups is 1. The Morgan fingerprint density at radius 2 is 2.12 bits per heavy atom. The lowest BCUT2D eigenvalue weighted by molar-refractivity contribution is -0.0864. The molecule has 2 aromatic carbocycles. The third-order valence-electron chi connectivity index (χ3n) is 5.02. The van der Waals surface area contributed by atoms with Gasteiger partial charge in [-0.05, 0) is 44.5 Å². The summed E-state index contributed by atoms with van der Waals surface area (Å²) in [4.78, 5) is 0. The molecule has 0 saturated carbocycles. The molecule has 2 aliphatic heterocycles. The molecule has 2 heterocycles. The molecule has 5 heteroatoms. The number of phenols is 1. The first-order valence-electron chi connectivity index (χ1n) is 8.62. The highest BCUT2D eigenvalue weighted by atomic mass is 16.5. The van der Waals surface area contributed by atoms with Gasteiger partial charge in [-0.2, -0.15) is 0 Å². The molecule has 0 aliphatic carbocycles. The van der Waals surface area contributed by atoms with Crippen LogP contribution in [0.2, 0.25) is 0 Å². The lowest BCUT2D eigenvalue weighted by atomic mass is 9.84. The normalized spacial score (nSPS) is 22.4. The maximum atomic E-state index is 11.4. The van der Waals surface area contributed by atoms with Gasteiger partial charge >= 0.3 is 0 Å². The van der Waals surface area contributed by atoms with Gasteiger partial charge in [-0.25, -0.2) is 0 Å². The molecule has 136 valence electrons. The average Bonchev–Trinajstić information content (AvgIpc) is 2.92. The molecule has 2 aromatic rings. The quantitative estimate of drug-likeness (QED) is 0.824. The molecule has 0 aromatic heterocycles. The van der Waals surface area contributed by atoms with Gasteiger partial charge in [0.05, 0.1) is 7.11 Å². The molecule has 2 N–H and O–H groups in total. The van der Waals surface area contributed by atoms with Gasteiger partial charge in [0.2, 0.25) is 0 Å². The van der Waals surface area contributed by atoms with Crippen LogP contribution in [0.3, 0.4) is 0 Å². The molecule has 0 fully saturated rings. The van der Waals surface area contributed by atoms with Crippen LogP contribution in [0.1, 0.15) is 36.6 Å². The fourth-order valence-electron chi connectivity index (χ4n) is 3.66. The number of methoxy groups -OCH3 is 1. The van der Waals surface area contributed by atoms with E-state index in [2.05, 4.69) is 6.08 Å². The van der Waals surface area contributed by atoms with E-state index in [1.54, 1.807) is 25.3 Å². The Morgan fingerprint density at radius 3 is 2.85 bits per heavy atom. The van der Waals surface area contributed by atoms with Crippen LogP contribution >= 0.6 is 0 Å². The summed E-state index contributed by atoms with van der Waals surface area (Å²) in [6.07, 6.45) is 2.18. The van der Waals surface area contributed by atoms with Gasteiger partial charge in [-0.1, -0.05) is 11.6 Å². The van der Waals surface area contributed by atoms with Gasteiger partial charge in [0, 0.05) is 22.8 Å². The molecule has 0 unspecified atom stereocenters. The monoisotopic (exact) mass is 354 g/mol. The van der Waals surface area contributed by atoms with Crippen LogP contribution in [-0.4, -0.2) is 23.9 Å². The standard InChI is InChI=1S/C21H22O5/c1-12(2)4-6-14-17(24-3)9-8-16-19(14)26-20-15-7-5-13(22)10-18(15)25-11-21(16,20)23/h4-5,7-10,20,22-23H,6,11H2,1-3H3/t20-,21+/m1/s1. The second-order valence-electron chi connectivity index (χ2n) is 7.04. The number of hydrogen-bond acceptors (Lipinski definition) is 5. The number of rotatable bonds is 3. The first kappa shape index (κ1) is 16.8. The van der Waals surface area contributed by atoms with Crippen molar-refractivity contribution in [3.8, 4) is 23.0 Å². The first-order valence-corrected chi connectivity index (χ1v) is 8.62. The van der Waals surface area contributed by atoms with Gasteiger partial charge in [0.15, 0.2) is 11.7 Å². The molecule has 0 amide bonds. The number of ether oxygens (including phenoxy) is 3. The zero-order chi connectivity index (χ0) is 18.5. The van der Waals surface area contributed by atoms with Gasteiger partial charge in [-0.15, -0.1) is 0 Å². The van der Waals surface area contributed by atoms with E-state index < -0.39 is 11.7 Å². The summed E-state index contributed by atoms with van der Waals surface area (Å²) in [5, 5.41) is 21.1. The Bertz CT molecular complexity index is 898. The summed E-state index contributed by atoms with van der Waals surface area (Å²) in [6.45, 7) is 4.15. The zero-order valence-electron chi connectivity index (χ0n) is 15.1. The van der Waals surface area contributed by atoms with E-state index in [4.69, 9.17) is 14.2 Å². The molecule has 2 atom stereocenters. The molecular formula is C21H22O5. The fourth-order valence-corrected chi connectivity index (χ4v) is 3.66. The Hall–Kier alpha value is -2.66. The van der Waals surface area contributed by atoms with Crippen LogP contribution in [0.25, 0.3) is 0 Å². The number of allylic oxidation sites excluding steroid dienone is 2. The smallest absolute Gasteiger partial charge is 0.168 e. The van der Waals surface area contributed by atoms with Crippen LogP contribution in [0.5, 0.6) is 23.0 Å². The Morgan fingerprint density at radius 1 is 1.31 bits per heavy atom. The van der Waals surface area contributed by atoms with Crippen molar-refractivity contribution in [2.45, 2.75) is 32.0 Å². The maximum absolute atomic E-state index is 11.4. The summed E-state index contributed by atoms with van der Waals surface area (Å²) < 4.78 is 17.5. The Labute approximate surface area is 152 Å². The Balaban J connectivity index is 1.84. The van der Waals surface area contributed by atoms with E-state index in [1.807, 2.05) is 26.0 Å². The summed E-state index contributed by atoms with van der Waals surface area (Å²) in [5.74, 6) is 2.04. The van der Waals surface area contributed by atoms with E-state index in [1.165, 1.54) is 5.57 Å². The van der Waals surface area contributed by atoms with Crippen molar-refractivity contribution >= 4 is 0 Å². The van der Waals surface area contributed by atoms with E-state index in [0.717, 1.165) is 16.9 Å². The summed E-state index contributed by atoms with van der Waals surface area (Å²) >= 11 is 0. The van der Waals surface area contributed by atoms with Gasteiger partial charge in [0.1, 0.15) is 29.6 Å². The number of benzene rings is 2. The second kappa shape index (κ2) is 5.95. The minimum atomic E-state index is -1.27. The predicted octanol–water partition coefficient (Wildman–Crippen LogP) is 3.62. The minimum Gasteiger partial charge on any atom is -0.508 e. The molecule has 4 rings (SSSR count). The van der Waals surface area contributed by atoms with Crippen LogP contribution < -0.4 is 14.2 Å². The summed E-state index contributed by atoms with van der Waals surface area (Å²) in [7, 11) is 1.63. The van der Waals surface area contributed by atoms with Crippen molar-refractivity contribution in [3.05, 3.63) is 58.7 Å². The molecular weight excluding hydrogens is 332 g/mol. The van der Waals surface area contributed by atoms with Crippen molar-refractivity contribution in [2.24, 2.45) is 0 Å². The first-order chi connectivity index (χ1) is 12.4. The maximum Gasteiger partial charge on any atom is 0.168 e. The SMILES string of the molecule is COc1ccc2c(c1CC=C(C)C)O[C@@H]1c3ccc(O)cc3OC[C@]21O. The van der Waals surface area contributed by atoms with Gasteiger partial charge in [-0.3, -0.25) is 0 Å². The van der Waals surface area contributed by atoms with Gasteiger partial charge < -0.3 is 24.4 Å². The molecule has 0 bridgehead atoms. The van der Waals surface area contributed by atoms with E-state index >= 15 is 0 Å². The minimum absolute atomic E-state index is 0.0650. The molecule has 0 saturated heterocycles. The van der Waals surface area contributed by atoms with Crippen molar-refractivity contribution < 1.29 is 24.4 Å². The third kappa shape index (κ3) is 2.42. The van der Waals surface area contributed by atoms with E-state index in [9.17, 15) is 10.2 Å². The van der Waals surface area contributed by atoms with Crippen molar-refractivity contribution in [2.75, 3.05) is 13.7 Å². The molecule has 0 spiro atoms. The van der Waals surface area contributed by atoms with E-state index in [-0.39, 0.29) is 12.4 Å². The van der Waals surface area contributed by atoms with Crippen molar-refractivity contribution in [1.29, 1.82) is 0 Å². The number of phenolic OH excluding ortho intramolecular Hbond substituents is 1. The largest absolute Gasteiger partial charge is 0.508 e. The number of hydrogen-bond donors (Lipinski definition) is 2. The van der Waals surface area contributed by atoms with Crippen LogP contribution in [0.15, 0.2) is 42.0 Å². The lowest BCUT2D eigenvalue weighted by Crippen LogP contribution is -2.41. The van der Waals surface area contributed by atoms with Crippen molar-refractivity contribution in [3.63, 3.8) is 0 Å². The predicted molar refractivity (Wildman–Crippen MR) is 97.0 cm³/mol. The Kier molecular flexibility index (Phi) is 3.84. The second-order valence-corrected chi connectivity index (χ2v) is 7.04. The topological polar surface area (TPSA) is 68.2 Å². The molecule has 5 nitrogen and oxygen atoms in total. The third-order valence-corrected chi connectivity index (χ3v) is 5.02. The summed E-state index contributed by atoms with van der Waals surface area (Å²) in [5.41, 5.74) is 2.27. The highest BCUT2D eigenvalue weighted by molar-refractivity contribution is 5.59. The molecule has 0 radical (unpaired) electrons. The number of aliphatic hydroxyl groups is 1. The lowest BCUT2D eigenvalue weighted by Gasteiger charge is -2.34. The van der Waals surface area contributed by atoms with E-state index in [0.29, 0.717) is 23.5 Å². The highest BCUT2D eigenvalue weighted by Gasteiger charge is 2.53. The average molecular weight is 354 g/mol. The fraction of sp³-hybridized carbons (Fsp3) is 0.333.